The van der Waals surface area contributed by atoms with E-state index in [0.717, 1.165) is 0 Å². The van der Waals surface area contributed by atoms with Crippen molar-refractivity contribution in [2.75, 3.05) is 13.7 Å². The third kappa shape index (κ3) is 6.67. The van der Waals surface area contributed by atoms with E-state index in [1.165, 1.54) is 26.3 Å². The molecule has 1 rings (SSSR count). The van der Waals surface area contributed by atoms with E-state index in [0.29, 0.717) is 12.5 Å². The molecule has 2 N–H and O–H groups in total. The van der Waals surface area contributed by atoms with E-state index in [1.807, 2.05) is 34.6 Å². The number of pyridine rings is 1. The van der Waals surface area contributed by atoms with E-state index in [1.54, 1.807) is 0 Å². The molecule has 0 saturated heterocycles. The molecule has 158 valence electrons. The van der Waals surface area contributed by atoms with E-state index in [2.05, 4.69) is 10.3 Å². The van der Waals surface area contributed by atoms with Crippen LogP contribution in [0.3, 0.4) is 0 Å². The van der Waals surface area contributed by atoms with Crippen LogP contribution in [-0.4, -0.2) is 53.9 Å². The van der Waals surface area contributed by atoms with Crippen LogP contribution in [0.15, 0.2) is 12.3 Å². The Bertz CT molecular complexity index is 662. The lowest BCUT2D eigenvalue weighted by Crippen LogP contribution is -2.44. The van der Waals surface area contributed by atoms with Gasteiger partial charge in [0.05, 0.1) is 13.2 Å². The van der Waals surface area contributed by atoms with Crippen LogP contribution in [0.2, 0.25) is 0 Å². The fraction of sp³-hybridized carbons (Fsp3) is 0.650. The van der Waals surface area contributed by atoms with Crippen LogP contribution in [0.4, 0.5) is 0 Å². The van der Waals surface area contributed by atoms with Gasteiger partial charge in [0, 0.05) is 18.9 Å². The molecule has 0 spiro atoms. The molecule has 1 aromatic heterocycles. The van der Waals surface area contributed by atoms with E-state index in [-0.39, 0.29) is 29.2 Å². The Kier molecular flexibility index (Phi) is 9.18. The highest BCUT2D eigenvalue weighted by molar-refractivity contribution is 5.97. The van der Waals surface area contributed by atoms with Gasteiger partial charge in [-0.1, -0.05) is 27.7 Å². The van der Waals surface area contributed by atoms with Gasteiger partial charge in [0.15, 0.2) is 17.2 Å². The van der Waals surface area contributed by atoms with Gasteiger partial charge in [-0.25, -0.2) is 9.78 Å². The second-order valence-corrected chi connectivity index (χ2v) is 7.48. The van der Waals surface area contributed by atoms with Crippen LogP contribution in [-0.2, 0) is 14.3 Å². The van der Waals surface area contributed by atoms with Gasteiger partial charge >= 0.3 is 5.97 Å². The summed E-state index contributed by atoms with van der Waals surface area (Å²) in [6.45, 7) is 11.9. The summed E-state index contributed by atoms with van der Waals surface area (Å²) in [6, 6.07) is 0.494. The fourth-order valence-electron chi connectivity index (χ4n) is 2.54. The molecule has 28 heavy (non-hydrogen) atoms. The minimum atomic E-state index is -0.932. The number of nitrogens with zero attached hydrogens (tertiary/aromatic N) is 1. The number of rotatable bonds is 10. The predicted molar refractivity (Wildman–Crippen MR) is 104 cm³/mol. The minimum Gasteiger partial charge on any atom is -0.503 e. The number of nitrogens with one attached hydrogen (secondary N) is 1. The molecule has 0 aliphatic heterocycles. The standard InChI is InChI=1S/C20H32N2O6/c1-11(2)10-27-14(6)18(12(3)4)28-20(25)13(5)22-19(24)16-17(23)15(26-7)8-9-21-16/h8-9,11-14,18,23H,10H2,1-7H3,(H,22,24)/t13-,14-,18?/m0/s1. The van der Waals surface area contributed by atoms with Crippen molar-refractivity contribution in [3.05, 3.63) is 18.0 Å². The molecule has 1 heterocycles. The summed E-state index contributed by atoms with van der Waals surface area (Å²) in [7, 11) is 1.37. The van der Waals surface area contributed by atoms with E-state index in [4.69, 9.17) is 14.2 Å². The smallest absolute Gasteiger partial charge is 0.328 e. The summed E-state index contributed by atoms with van der Waals surface area (Å²) in [5.74, 6) is -1.16. The number of hydrogen-bond acceptors (Lipinski definition) is 7. The first-order chi connectivity index (χ1) is 13.1. The number of aromatic hydroxyl groups is 1. The Hall–Kier alpha value is -2.35. The molecular formula is C20H32N2O6. The van der Waals surface area contributed by atoms with Crippen molar-refractivity contribution in [3.8, 4) is 11.5 Å². The van der Waals surface area contributed by atoms with Gasteiger partial charge in [0.2, 0.25) is 0 Å². The number of carbonyl (C=O) groups is 2. The predicted octanol–water partition coefficient (Wildman–Crippen LogP) is 2.54. The highest BCUT2D eigenvalue weighted by Gasteiger charge is 2.29. The van der Waals surface area contributed by atoms with Crippen molar-refractivity contribution in [2.24, 2.45) is 11.8 Å². The SMILES string of the molecule is COc1ccnc(C(=O)N[C@@H](C)C(=O)OC(C(C)C)[C@H](C)OCC(C)C)c1O. The lowest BCUT2D eigenvalue weighted by Gasteiger charge is -2.29. The Morgan fingerprint density at radius 2 is 1.82 bits per heavy atom. The van der Waals surface area contributed by atoms with Gasteiger partial charge in [-0.05, 0) is 25.7 Å². The lowest BCUT2D eigenvalue weighted by molar-refractivity contribution is -0.163. The highest BCUT2D eigenvalue weighted by Crippen LogP contribution is 2.27. The lowest BCUT2D eigenvalue weighted by atomic mass is 10.0. The molecule has 8 nitrogen and oxygen atoms in total. The van der Waals surface area contributed by atoms with Crippen LogP contribution in [0.5, 0.6) is 11.5 Å². The summed E-state index contributed by atoms with van der Waals surface area (Å²) >= 11 is 0. The summed E-state index contributed by atoms with van der Waals surface area (Å²) in [5.41, 5.74) is -0.229. The zero-order chi connectivity index (χ0) is 21.4. The van der Waals surface area contributed by atoms with Gasteiger partial charge < -0.3 is 24.6 Å². The van der Waals surface area contributed by atoms with Gasteiger partial charge in [0.25, 0.3) is 5.91 Å². The molecule has 0 fully saturated rings. The fourth-order valence-corrected chi connectivity index (χ4v) is 2.54. The summed E-state index contributed by atoms with van der Waals surface area (Å²) in [4.78, 5) is 28.7. The number of amides is 1. The van der Waals surface area contributed by atoms with Crippen LogP contribution in [0.1, 0.15) is 52.0 Å². The maximum atomic E-state index is 12.5. The van der Waals surface area contributed by atoms with Crippen LogP contribution >= 0.6 is 0 Å². The second kappa shape index (κ2) is 10.8. The molecular weight excluding hydrogens is 364 g/mol. The first-order valence-corrected chi connectivity index (χ1v) is 9.43. The topological polar surface area (TPSA) is 107 Å². The Balaban J connectivity index is 2.76. The van der Waals surface area contributed by atoms with Crippen LogP contribution in [0, 0.1) is 11.8 Å². The third-order valence-electron chi connectivity index (χ3n) is 4.09. The van der Waals surface area contributed by atoms with Crippen molar-refractivity contribution >= 4 is 11.9 Å². The zero-order valence-electron chi connectivity index (χ0n) is 17.7. The maximum absolute atomic E-state index is 12.5. The highest BCUT2D eigenvalue weighted by atomic mass is 16.6. The van der Waals surface area contributed by atoms with Crippen molar-refractivity contribution < 1.29 is 28.9 Å². The zero-order valence-corrected chi connectivity index (χ0v) is 17.7. The number of aromatic nitrogens is 1. The molecule has 0 aromatic carbocycles. The summed E-state index contributed by atoms with van der Waals surface area (Å²) < 4.78 is 16.3. The molecule has 0 aliphatic rings. The average molecular weight is 396 g/mol. The van der Waals surface area contributed by atoms with E-state index in [9.17, 15) is 14.7 Å². The molecule has 1 aromatic rings. The van der Waals surface area contributed by atoms with E-state index < -0.39 is 24.0 Å². The third-order valence-corrected chi connectivity index (χ3v) is 4.09. The van der Waals surface area contributed by atoms with Crippen molar-refractivity contribution in [1.29, 1.82) is 0 Å². The van der Waals surface area contributed by atoms with Gasteiger partial charge in [-0.2, -0.15) is 0 Å². The number of carbonyl (C=O) groups excluding carboxylic acids is 2. The summed E-state index contributed by atoms with van der Waals surface area (Å²) in [6.07, 6.45) is 0.603. The number of hydrogen-bond donors (Lipinski definition) is 2. The van der Waals surface area contributed by atoms with Crippen molar-refractivity contribution in [1.82, 2.24) is 10.3 Å². The quantitative estimate of drug-likeness (QED) is 0.585. The van der Waals surface area contributed by atoms with Gasteiger partial charge in [-0.3, -0.25) is 4.79 Å². The van der Waals surface area contributed by atoms with Gasteiger partial charge in [0.1, 0.15) is 12.1 Å². The Morgan fingerprint density at radius 3 is 2.36 bits per heavy atom. The maximum Gasteiger partial charge on any atom is 0.328 e. The molecule has 1 amide bonds. The second-order valence-electron chi connectivity index (χ2n) is 7.48. The number of methoxy groups -OCH3 is 1. The molecule has 0 bridgehead atoms. The minimum absolute atomic E-state index is 0.0399. The Morgan fingerprint density at radius 1 is 1.18 bits per heavy atom. The first kappa shape index (κ1) is 23.7. The molecule has 3 atom stereocenters. The molecule has 0 aliphatic carbocycles. The Labute approximate surface area is 166 Å². The van der Waals surface area contributed by atoms with Crippen LogP contribution < -0.4 is 10.1 Å². The van der Waals surface area contributed by atoms with Crippen molar-refractivity contribution in [2.45, 2.75) is 59.8 Å². The molecule has 0 saturated carbocycles. The molecule has 0 radical (unpaired) electrons. The monoisotopic (exact) mass is 396 g/mol. The first-order valence-electron chi connectivity index (χ1n) is 9.43. The number of ether oxygens (including phenoxy) is 3. The largest absolute Gasteiger partial charge is 0.503 e. The van der Waals surface area contributed by atoms with E-state index >= 15 is 0 Å². The summed E-state index contributed by atoms with van der Waals surface area (Å²) in [5, 5.41) is 12.5. The van der Waals surface area contributed by atoms with Gasteiger partial charge in [-0.15, -0.1) is 0 Å². The van der Waals surface area contributed by atoms with Crippen molar-refractivity contribution in [3.63, 3.8) is 0 Å². The average Bonchev–Trinajstić information content (AvgIpc) is 2.63. The van der Waals surface area contributed by atoms with Crippen LogP contribution in [0.25, 0.3) is 0 Å². The normalized spacial score (nSPS) is 14.5. The number of esters is 1. The molecule has 8 heteroatoms. The molecule has 1 unspecified atom stereocenters.